The standard InChI is InChI=1S/C23H23FN8O/c1-3-31-20(8-9-28-31)29-16-4-6-17(7-5-16)32(23-27-13-19(24)21(25)30-23)18-11-14(2)10-15(12-18)22(26)33/h4-13,29H,3H2,1-2H3,(H2,26,33)(H2,25,27,30). The molecule has 9 nitrogen and oxygen atoms in total. The number of primary amides is 1. The summed E-state index contributed by atoms with van der Waals surface area (Å²) in [6.45, 7) is 4.59. The van der Waals surface area contributed by atoms with Crippen LogP contribution in [0.15, 0.2) is 60.9 Å². The Balaban J connectivity index is 1.77. The highest BCUT2D eigenvalue weighted by molar-refractivity contribution is 5.94. The van der Waals surface area contributed by atoms with Crippen LogP contribution in [-0.2, 0) is 6.54 Å². The molecule has 4 rings (SSSR count). The molecule has 1 amide bonds. The van der Waals surface area contributed by atoms with Gasteiger partial charge in [0.05, 0.1) is 18.1 Å². The molecular formula is C23H23FN8O. The third kappa shape index (κ3) is 4.59. The summed E-state index contributed by atoms with van der Waals surface area (Å²) < 4.78 is 15.6. The summed E-state index contributed by atoms with van der Waals surface area (Å²) in [6, 6.07) is 14.5. The minimum atomic E-state index is -0.715. The highest BCUT2D eigenvalue weighted by atomic mass is 19.1. The van der Waals surface area contributed by atoms with Crippen molar-refractivity contribution in [2.45, 2.75) is 20.4 Å². The van der Waals surface area contributed by atoms with E-state index in [2.05, 4.69) is 20.4 Å². The minimum Gasteiger partial charge on any atom is -0.381 e. The lowest BCUT2D eigenvalue weighted by atomic mass is 10.1. The summed E-state index contributed by atoms with van der Waals surface area (Å²) in [5.41, 5.74) is 14.5. The second kappa shape index (κ2) is 8.95. The summed E-state index contributed by atoms with van der Waals surface area (Å²) >= 11 is 0. The Morgan fingerprint density at radius 3 is 2.58 bits per heavy atom. The second-order valence-corrected chi connectivity index (χ2v) is 7.36. The Kier molecular flexibility index (Phi) is 5.90. The lowest BCUT2D eigenvalue weighted by molar-refractivity contribution is 0.1000. The highest BCUT2D eigenvalue weighted by Gasteiger charge is 2.19. The van der Waals surface area contributed by atoms with Crippen LogP contribution in [0.25, 0.3) is 0 Å². The minimum absolute atomic E-state index is 0.152. The molecule has 0 bridgehead atoms. The molecule has 0 saturated carbocycles. The van der Waals surface area contributed by atoms with Crippen LogP contribution in [-0.4, -0.2) is 25.7 Å². The predicted molar refractivity (Wildman–Crippen MR) is 126 cm³/mol. The molecule has 2 aromatic heterocycles. The number of aromatic nitrogens is 4. The number of carbonyl (C=O) groups excluding carboxylic acids is 1. The molecule has 0 aliphatic rings. The molecular weight excluding hydrogens is 423 g/mol. The SMILES string of the molecule is CCn1nccc1Nc1ccc(N(c2cc(C)cc(C(N)=O)c2)c2ncc(F)c(N)n2)cc1. The zero-order valence-corrected chi connectivity index (χ0v) is 18.2. The predicted octanol–water partition coefficient (Wildman–Crippen LogP) is 4.04. The van der Waals surface area contributed by atoms with Crippen LogP contribution >= 0.6 is 0 Å². The van der Waals surface area contributed by atoms with E-state index in [9.17, 15) is 9.18 Å². The average Bonchev–Trinajstić information content (AvgIpc) is 3.24. The molecule has 33 heavy (non-hydrogen) atoms. The molecule has 0 atom stereocenters. The van der Waals surface area contributed by atoms with Crippen molar-refractivity contribution in [3.05, 3.63) is 77.9 Å². The van der Waals surface area contributed by atoms with Gasteiger partial charge in [-0.2, -0.15) is 10.1 Å². The molecule has 2 heterocycles. The van der Waals surface area contributed by atoms with E-state index in [4.69, 9.17) is 11.5 Å². The smallest absolute Gasteiger partial charge is 0.248 e. The quantitative estimate of drug-likeness (QED) is 0.391. The summed E-state index contributed by atoms with van der Waals surface area (Å²) in [5.74, 6) is -0.542. The van der Waals surface area contributed by atoms with Crippen LogP contribution in [0.1, 0.15) is 22.8 Å². The first-order chi connectivity index (χ1) is 15.9. The van der Waals surface area contributed by atoms with Crippen LogP contribution < -0.4 is 21.7 Å². The number of carbonyl (C=O) groups is 1. The van der Waals surface area contributed by atoms with Crippen molar-refractivity contribution in [3.8, 4) is 0 Å². The molecule has 0 spiro atoms. The van der Waals surface area contributed by atoms with Gasteiger partial charge in [-0.25, -0.2) is 14.1 Å². The normalized spacial score (nSPS) is 10.8. The van der Waals surface area contributed by atoms with Gasteiger partial charge in [-0.3, -0.25) is 9.69 Å². The van der Waals surface area contributed by atoms with Crippen LogP contribution in [0.2, 0.25) is 0 Å². The first-order valence-corrected chi connectivity index (χ1v) is 10.2. The van der Waals surface area contributed by atoms with Crippen molar-refractivity contribution in [1.29, 1.82) is 0 Å². The number of nitrogens with one attached hydrogen (secondary N) is 1. The van der Waals surface area contributed by atoms with E-state index in [0.29, 0.717) is 16.9 Å². The van der Waals surface area contributed by atoms with Gasteiger partial charge in [0.2, 0.25) is 11.9 Å². The Labute approximate surface area is 189 Å². The molecule has 4 aromatic rings. The topological polar surface area (TPSA) is 128 Å². The van der Waals surface area contributed by atoms with Crippen LogP contribution in [0.4, 0.5) is 39.0 Å². The fourth-order valence-corrected chi connectivity index (χ4v) is 3.43. The first-order valence-electron chi connectivity index (χ1n) is 10.2. The van der Waals surface area contributed by atoms with E-state index >= 15 is 0 Å². The van der Waals surface area contributed by atoms with Gasteiger partial charge in [0.1, 0.15) is 5.82 Å². The van der Waals surface area contributed by atoms with Gasteiger partial charge in [-0.05, 0) is 61.9 Å². The Hall–Kier alpha value is -4.47. The molecule has 0 fully saturated rings. The van der Waals surface area contributed by atoms with Crippen LogP contribution in [0.5, 0.6) is 0 Å². The van der Waals surface area contributed by atoms with Gasteiger partial charge in [0.15, 0.2) is 11.6 Å². The number of rotatable bonds is 7. The molecule has 168 valence electrons. The van der Waals surface area contributed by atoms with E-state index in [-0.39, 0.29) is 11.8 Å². The molecule has 0 saturated heterocycles. The lowest BCUT2D eigenvalue weighted by Crippen LogP contribution is -2.17. The number of anilines is 6. The van der Waals surface area contributed by atoms with Crippen LogP contribution in [0, 0.1) is 12.7 Å². The van der Waals surface area contributed by atoms with Crippen molar-refractivity contribution in [2.75, 3.05) is 16.0 Å². The fraction of sp³-hybridized carbons (Fsp3) is 0.130. The van der Waals surface area contributed by atoms with Gasteiger partial charge < -0.3 is 16.8 Å². The number of nitrogens with zero attached hydrogens (tertiary/aromatic N) is 5. The highest BCUT2D eigenvalue weighted by Crippen LogP contribution is 2.34. The summed E-state index contributed by atoms with van der Waals surface area (Å²) in [4.78, 5) is 21.7. The number of hydrogen-bond acceptors (Lipinski definition) is 7. The average molecular weight is 446 g/mol. The molecule has 2 aromatic carbocycles. The van der Waals surface area contributed by atoms with Gasteiger partial charge in [0.25, 0.3) is 0 Å². The molecule has 10 heteroatoms. The van der Waals surface area contributed by atoms with E-state index < -0.39 is 11.7 Å². The largest absolute Gasteiger partial charge is 0.381 e. The van der Waals surface area contributed by atoms with E-state index in [0.717, 1.165) is 29.8 Å². The third-order valence-corrected chi connectivity index (χ3v) is 4.98. The van der Waals surface area contributed by atoms with Crippen molar-refractivity contribution >= 4 is 40.6 Å². The maximum absolute atomic E-state index is 13.8. The van der Waals surface area contributed by atoms with E-state index in [1.165, 1.54) is 0 Å². The Morgan fingerprint density at radius 1 is 1.15 bits per heavy atom. The first kappa shape index (κ1) is 21.8. The number of aryl methyl sites for hydroxylation is 2. The second-order valence-electron chi connectivity index (χ2n) is 7.36. The fourth-order valence-electron chi connectivity index (χ4n) is 3.43. The van der Waals surface area contributed by atoms with E-state index in [1.54, 1.807) is 23.2 Å². The van der Waals surface area contributed by atoms with Gasteiger partial charge in [0, 0.05) is 29.5 Å². The molecule has 0 radical (unpaired) electrons. The molecule has 5 N–H and O–H groups in total. The summed E-state index contributed by atoms with van der Waals surface area (Å²) in [7, 11) is 0. The van der Waals surface area contributed by atoms with Crippen LogP contribution in [0.3, 0.4) is 0 Å². The maximum Gasteiger partial charge on any atom is 0.248 e. The molecule has 0 unspecified atom stereocenters. The summed E-state index contributed by atoms with van der Waals surface area (Å²) in [6.07, 6.45) is 2.74. The Bertz CT molecular complexity index is 1300. The maximum atomic E-state index is 13.8. The number of amides is 1. The number of halogens is 1. The van der Waals surface area contributed by atoms with Gasteiger partial charge in [-0.15, -0.1) is 0 Å². The Morgan fingerprint density at radius 2 is 1.91 bits per heavy atom. The number of nitrogen functional groups attached to an aromatic ring is 1. The van der Waals surface area contributed by atoms with Crippen molar-refractivity contribution < 1.29 is 9.18 Å². The zero-order chi connectivity index (χ0) is 23.5. The monoisotopic (exact) mass is 446 g/mol. The van der Waals surface area contributed by atoms with Gasteiger partial charge in [-0.1, -0.05) is 0 Å². The lowest BCUT2D eigenvalue weighted by Gasteiger charge is -2.24. The zero-order valence-electron chi connectivity index (χ0n) is 18.2. The van der Waals surface area contributed by atoms with E-state index in [1.807, 2.05) is 54.9 Å². The van der Waals surface area contributed by atoms with Crippen molar-refractivity contribution in [2.24, 2.45) is 5.73 Å². The van der Waals surface area contributed by atoms with Crippen molar-refractivity contribution in [1.82, 2.24) is 19.7 Å². The van der Waals surface area contributed by atoms with Crippen molar-refractivity contribution in [3.63, 3.8) is 0 Å². The summed E-state index contributed by atoms with van der Waals surface area (Å²) in [5, 5.41) is 7.57. The number of hydrogen-bond donors (Lipinski definition) is 3. The third-order valence-electron chi connectivity index (χ3n) is 4.98. The van der Waals surface area contributed by atoms with Gasteiger partial charge >= 0.3 is 0 Å². The number of nitrogens with two attached hydrogens (primary N) is 2. The number of benzene rings is 2. The molecule has 0 aliphatic heterocycles. The molecule has 0 aliphatic carbocycles.